The predicted octanol–water partition coefficient (Wildman–Crippen LogP) is 2.58. The van der Waals surface area contributed by atoms with E-state index in [0.717, 1.165) is 30.7 Å². The number of unbranched alkanes of at least 4 members (excludes halogenated alkanes) is 1. The maximum atomic E-state index is 11.0. The lowest BCUT2D eigenvalue weighted by atomic mass is 10.1. The molecule has 1 heterocycles. The van der Waals surface area contributed by atoms with Gasteiger partial charge in [-0.1, -0.05) is 13.3 Å². The van der Waals surface area contributed by atoms with Gasteiger partial charge in [0.05, 0.1) is 0 Å². The fraction of sp³-hybridized carbons (Fsp3) is 0.583. The van der Waals surface area contributed by atoms with Gasteiger partial charge < -0.3 is 4.74 Å². The van der Waals surface area contributed by atoms with Crippen molar-refractivity contribution >= 4 is 5.97 Å². The van der Waals surface area contributed by atoms with Gasteiger partial charge >= 0.3 is 5.97 Å². The van der Waals surface area contributed by atoms with E-state index < -0.39 is 0 Å². The van der Waals surface area contributed by atoms with Crippen LogP contribution in [0.3, 0.4) is 0 Å². The van der Waals surface area contributed by atoms with Crippen molar-refractivity contribution in [3.8, 4) is 0 Å². The number of hydrogen-bond donors (Lipinski definition) is 0. The molecule has 1 atom stereocenters. The van der Waals surface area contributed by atoms with E-state index in [1.54, 1.807) is 12.4 Å². The van der Waals surface area contributed by atoms with Crippen molar-refractivity contribution < 1.29 is 9.53 Å². The second kappa shape index (κ2) is 6.20. The molecule has 1 rings (SSSR count). The molecule has 16 heavy (non-hydrogen) atoms. The zero-order valence-corrected chi connectivity index (χ0v) is 10.1. The van der Waals surface area contributed by atoms with Crippen LogP contribution in [-0.2, 0) is 9.53 Å². The van der Waals surface area contributed by atoms with Gasteiger partial charge in [0.1, 0.15) is 11.9 Å². The van der Waals surface area contributed by atoms with Crippen molar-refractivity contribution in [2.24, 2.45) is 0 Å². The van der Waals surface area contributed by atoms with Crippen LogP contribution in [0.25, 0.3) is 0 Å². The number of aromatic nitrogens is 2. The lowest BCUT2D eigenvalue weighted by Gasteiger charge is -2.16. The average Bonchev–Trinajstić information content (AvgIpc) is 2.25. The minimum atomic E-state index is -0.262. The van der Waals surface area contributed by atoms with E-state index in [-0.39, 0.29) is 12.1 Å². The molecule has 0 aliphatic heterocycles. The van der Waals surface area contributed by atoms with Crippen LogP contribution in [0.1, 0.15) is 50.6 Å². The largest absolute Gasteiger partial charge is 0.458 e. The molecular weight excluding hydrogens is 204 g/mol. The number of ether oxygens (including phenoxy) is 1. The van der Waals surface area contributed by atoms with Crippen LogP contribution in [0.2, 0.25) is 0 Å². The van der Waals surface area contributed by atoms with Crippen molar-refractivity contribution in [1.29, 1.82) is 0 Å². The molecule has 0 aromatic carbocycles. The third kappa shape index (κ3) is 3.96. The molecule has 0 saturated heterocycles. The van der Waals surface area contributed by atoms with Crippen LogP contribution in [0.4, 0.5) is 0 Å². The predicted molar refractivity (Wildman–Crippen MR) is 60.8 cm³/mol. The van der Waals surface area contributed by atoms with Crippen LogP contribution in [-0.4, -0.2) is 15.9 Å². The summed E-state index contributed by atoms with van der Waals surface area (Å²) in [5.74, 6) is 0.461. The van der Waals surface area contributed by atoms with Crippen LogP contribution < -0.4 is 0 Å². The van der Waals surface area contributed by atoms with Crippen molar-refractivity contribution in [3.05, 3.63) is 23.8 Å². The van der Waals surface area contributed by atoms with E-state index >= 15 is 0 Å². The smallest absolute Gasteiger partial charge is 0.303 e. The molecule has 4 nitrogen and oxygen atoms in total. The van der Waals surface area contributed by atoms with Gasteiger partial charge in [0, 0.05) is 24.9 Å². The summed E-state index contributed by atoms with van der Waals surface area (Å²) in [6.45, 7) is 5.36. The molecule has 0 fully saturated rings. The van der Waals surface area contributed by atoms with Gasteiger partial charge in [-0.2, -0.15) is 0 Å². The number of nitrogens with zero attached hydrogens (tertiary/aromatic N) is 2. The molecular formula is C12H18N2O2. The van der Waals surface area contributed by atoms with Gasteiger partial charge in [-0.05, 0) is 19.8 Å². The summed E-state index contributed by atoms with van der Waals surface area (Å²) in [5.41, 5.74) is 0.870. The summed E-state index contributed by atoms with van der Waals surface area (Å²) in [6, 6.07) is 0. The van der Waals surface area contributed by atoms with Crippen LogP contribution in [0.5, 0.6) is 0 Å². The van der Waals surface area contributed by atoms with Crippen molar-refractivity contribution in [3.63, 3.8) is 0 Å². The summed E-state index contributed by atoms with van der Waals surface area (Å²) in [5, 5.41) is 0. The standard InChI is InChI=1S/C12H18N2O2/c1-4-5-6-12(16-10(3)15)11-7-13-9(2)14-8-11/h7-8,12H,4-6H2,1-3H3/t12-/m0/s1. The Bertz CT molecular complexity index is 335. The van der Waals surface area contributed by atoms with Gasteiger partial charge in [0.2, 0.25) is 0 Å². The molecule has 0 bridgehead atoms. The molecule has 0 saturated carbocycles. The molecule has 1 aromatic heterocycles. The summed E-state index contributed by atoms with van der Waals surface area (Å²) < 4.78 is 5.26. The number of rotatable bonds is 5. The zero-order chi connectivity index (χ0) is 12.0. The first-order valence-electron chi connectivity index (χ1n) is 5.59. The second-order valence-corrected chi connectivity index (χ2v) is 3.80. The highest BCUT2D eigenvalue weighted by atomic mass is 16.5. The fourth-order valence-electron chi connectivity index (χ4n) is 1.45. The minimum Gasteiger partial charge on any atom is -0.458 e. The number of aryl methyl sites for hydroxylation is 1. The molecule has 0 N–H and O–H groups in total. The van der Waals surface area contributed by atoms with Crippen molar-refractivity contribution in [2.75, 3.05) is 0 Å². The van der Waals surface area contributed by atoms with Gasteiger partial charge in [-0.25, -0.2) is 9.97 Å². The molecule has 0 amide bonds. The Hall–Kier alpha value is -1.45. The molecule has 4 heteroatoms. The number of carbonyl (C=O) groups is 1. The average molecular weight is 222 g/mol. The number of hydrogen-bond acceptors (Lipinski definition) is 4. The van der Waals surface area contributed by atoms with Crippen molar-refractivity contribution in [1.82, 2.24) is 9.97 Å². The third-order valence-corrected chi connectivity index (χ3v) is 2.30. The van der Waals surface area contributed by atoms with Crippen LogP contribution in [0.15, 0.2) is 12.4 Å². The summed E-state index contributed by atoms with van der Waals surface area (Å²) in [6.07, 6.45) is 6.16. The molecule has 0 spiro atoms. The van der Waals surface area contributed by atoms with Crippen LogP contribution in [0, 0.1) is 6.92 Å². The van der Waals surface area contributed by atoms with E-state index in [1.165, 1.54) is 6.92 Å². The summed E-state index contributed by atoms with van der Waals surface area (Å²) in [7, 11) is 0. The van der Waals surface area contributed by atoms with Gasteiger partial charge in [0.25, 0.3) is 0 Å². The van der Waals surface area contributed by atoms with Gasteiger partial charge in [0.15, 0.2) is 0 Å². The Morgan fingerprint density at radius 3 is 2.56 bits per heavy atom. The highest BCUT2D eigenvalue weighted by Crippen LogP contribution is 2.22. The Labute approximate surface area is 96.1 Å². The Kier molecular flexibility index (Phi) is 4.89. The Morgan fingerprint density at radius 1 is 1.44 bits per heavy atom. The van der Waals surface area contributed by atoms with Crippen molar-refractivity contribution in [2.45, 2.75) is 46.1 Å². The maximum Gasteiger partial charge on any atom is 0.303 e. The molecule has 0 radical (unpaired) electrons. The first-order valence-corrected chi connectivity index (χ1v) is 5.59. The zero-order valence-electron chi connectivity index (χ0n) is 10.1. The summed E-state index contributed by atoms with van der Waals surface area (Å²) >= 11 is 0. The quantitative estimate of drug-likeness (QED) is 0.718. The Morgan fingerprint density at radius 2 is 2.06 bits per heavy atom. The van der Waals surface area contributed by atoms with Gasteiger partial charge in [-0.15, -0.1) is 0 Å². The molecule has 0 aliphatic carbocycles. The summed E-state index contributed by atoms with van der Waals surface area (Å²) in [4.78, 5) is 19.2. The first kappa shape index (κ1) is 12.6. The van der Waals surface area contributed by atoms with Gasteiger partial charge in [-0.3, -0.25) is 4.79 Å². The lowest BCUT2D eigenvalue weighted by Crippen LogP contribution is -2.09. The molecule has 88 valence electrons. The van der Waals surface area contributed by atoms with Crippen LogP contribution >= 0.6 is 0 Å². The van der Waals surface area contributed by atoms with E-state index in [4.69, 9.17) is 4.74 Å². The monoisotopic (exact) mass is 222 g/mol. The lowest BCUT2D eigenvalue weighted by molar-refractivity contribution is -0.147. The maximum absolute atomic E-state index is 11.0. The second-order valence-electron chi connectivity index (χ2n) is 3.80. The van der Waals surface area contributed by atoms with E-state index in [2.05, 4.69) is 16.9 Å². The van der Waals surface area contributed by atoms with E-state index in [0.29, 0.717) is 0 Å². The fourth-order valence-corrected chi connectivity index (χ4v) is 1.45. The molecule has 0 unspecified atom stereocenters. The third-order valence-electron chi connectivity index (χ3n) is 2.30. The van der Waals surface area contributed by atoms with E-state index in [9.17, 15) is 4.79 Å². The number of esters is 1. The number of carbonyl (C=O) groups excluding carboxylic acids is 1. The normalized spacial score (nSPS) is 12.2. The highest BCUT2D eigenvalue weighted by molar-refractivity contribution is 5.66. The Balaban J connectivity index is 2.74. The first-order chi connectivity index (χ1) is 7.63. The highest BCUT2D eigenvalue weighted by Gasteiger charge is 2.14. The molecule has 1 aromatic rings. The topological polar surface area (TPSA) is 52.1 Å². The minimum absolute atomic E-state index is 0.210. The molecule has 0 aliphatic rings. The SMILES string of the molecule is CCCC[C@H](OC(C)=O)c1cnc(C)nc1. The van der Waals surface area contributed by atoms with E-state index in [1.807, 2.05) is 6.92 Å².